The van der Waals surface area contributed by atoms with Crippen LogP contribution in [0.25, 0.3) is 0 Å². The van der Waals surface area contributed by atoms with Crippen molar-refractivity contribution in [1.29, 1.82) is 0 Å². The minimum absolute atomic E-state index is 0.00217. The van der Waals surface area contributed by atoms with E-state index in [2.05, 4.69) is 0 Å². The summed E-state index contributed by atoms with van der Waals surface area (Å²) in [5.74, 6) is 0.563. The molecule has 118 valence electrons. The van der Waals surface area contributed by atoms with Gasteiger partial charge >= 0.3 is 6.09 Å². The second-order valence-electron chi connectivity index (χ2n) is 4.87. The topological polar surface area (TPSA) is 83.9 Å². The maximum Gasteiger partial charge on any atom is 0.426 e. The first-order valence-corrected chi connectivity index (χ1v) is 8.21. The van der Waals surface area contributed by atoms with Crippen molar-refractivity contribution in [2.24, 2.45) is 0 Å². The van der Waals surface area contributed by atoms with Crippen molar-refractivity contribution in [3.05, 3.63) is 77.1 Å². The largest absolute Gasteiger partial charge is 0.465 e. The molecule has 7 heteroatoms. The number of hydrogen-bond donors (Lipinski definition) is 1. The first-order chi connectivity index (χ1) is 11.0. The van der Waals surface area contributed by atoms with Gasteiger partial charge in [0.25, 0.3) is 10.0 Å². The zero-order valence-corrected chi connectivity index (χ0v) is 12.7. The van der Waals surface area contributed by atoms with Gasteiger partial charge in [0.2, 0.25) is 0 Å². The quantitative estimate of drug-likeness (QED) is 0.920. The van der Waals surface area contributed by atoms with Crippen molar-refractivity contribution in [2.75, 3.05) is 4.31 Å². The molecule has 0 fully saturated rings. The molecular formula is C16H13NO5S. The number of carboxylic acid groups (broad SMARTS) is 1. The molecule has 1 aromatic carbocycles. The van der Waals surface area contributed by atoms with Gasteiger partial charge in [-0.25, -0.2) is 13.2 Å². The number of hydrogen-bond acceptors (Lipinski definition) is 4. The number of nitrogens with zero attached hydrogens (tertiary/aromatic N) is 1. The van der Waals surface area contributed by atoms with Crippen LogP contribution in [0.1, 0.15) is 6.42 Å². The number of carbonyl (C=O) groups is 1. The van der Waals surface area contributed by atoms with Gasteiger partial charge in [0.15, 0.2) is 0 Å². The van der Waals surface area contributed by atoms with Gasteiger partial charge in [-0.1, -0.05) is 24.3 Å². The Morgan fingerprint density at radius 2 is 1.87 bits per heavy atom. The molecule has 0 aromatic heterocycles. The summed E-state index contributed by atoms with van der Waals surface area (Å²) in [5, 5.41) is 9.38. The number of benzene rings is 1. The van der Waals surface area contributed by atoms with Gasteiger partial charge in [-0.3, -0.25) is 0 Å². The molecule has 2 aliphatic rings. The normalized spacial score (nSPS) is 16.4. The third-order valence-corrected chi connectivity index (χ3v) is 5.20. The molecule has 0 radical (unpaired) electrons. The number of rotatable bonds is 3. The highest BCUT2D eigenvalue weighted by Gasteiger charge is 2.34. The molecule has 23 heavy (non-hydrogen) atoms. The van der Waals surface area contributed by atoms with E-state index in [1.165, 1.54) is 30.5 Å². The van der Waals surface area contributed by atoms with E-state index in [1.807, 2.05) is 0 Å². The summed E-state index contributed by atoms with van der Waals surface area (Å²) in [4.78, 5) is 11.5. The third-order valence-electron chi connectivity index (χ3n) is 3.41. The zero-order chi connectivity index (χ0) is 16.4. The van der Waals surface area contributed by atoms with Gasteiger partial charge < -0.3 is 9.84 Å². The summed E-state index contributed by atoms with van der Waals surface area (Å²) in [7, 11) is -4.20. The summed E-state index contributed by atoms with van der Waals surface area (Å²) in [6.07, 6.45) is 6.32. The molecule has 1 amide bonds. The highest BCUT2D eigenvalue weighted by molar-refractivity contribution is 7.97. The molecule has 0 saturated carbocycles. The lowest BCUT2D eigenvalue weighted by Crippen LogP contribution is -2.37. The van der Waals surface area contributed by atoms with Crippen LogP contribution >= 0.6 is 0 Å². The molecule has 0 spiro atoms. The Morgan fingerprint density at radius 3 is 2.57 bits per heavy atom. The van der Waals surface area contributed by atoms with Crippen molar-refractivity contribution < 1.29 is 23.1 Å². The minimum Gasteiger partial charge on any atom is -0.465 e. The molecule has 0 unspecified atom stereocenters. The Hall–Kier alpha value is -2.80. The smallest absolute Gasteiger partial charge is 0.426 e. The summed E-state index contributed by atoms with van der Waals surface area (Å²) >= 11 is 0. The summed E-state index contributed by atoms with van der Waals surface area (Å²) in [6.45, 7) is 0. The Labute approximate surface area is 133 Å². The standard InChI is InChI=1S/C16H13NO5S/c18-16(19)17(13-6-2-1-3-7-13)23(20,21)14-8-9-15-12(11-14)5-4-10-22-15/h1-10H,11H2,(H,18,19). The van der Waals surface area contributed by atoms with E-state index < -0.39 is 16.1 Å². The maximum absolute atomic E-state index is 12.8. The highest BCUT2D eigenvalue weighted by atomic mass is 32.2. The Kier molecular flexibility index (Phi) is 3.79. The number of sulfonamides is 1. The summed E-state index contributed by atoms with van der Waals surface area (Å²) in [6, 6.07) is 7.71. The second-order valence-corrected chi connectivity index (χ2v) is 6.71. The minimum atomic E-state index is -4.20. The molecule has 0 bridgehead atoms. The molecule has 1 aliphatic carbocycles. The molecule has 1 aliphatic heterocycles. The van der Waals surface area contributed by atoms with Gasteiger partial charge in [-0.05, 0) is 30.4 Å². The lowest BCUT2D eigenvalue weighted by molar-refractivity contribution is 0.206. The van der Waals surface area contributed by atoms with E-state index in [0.717, 1.165) is 0 Å². The van der Waals surface area contributed by atoms with Crippen molar-refractivity contribution in [2.45, 2.75) is 6.42 Å². The lowest BCUT2D eigenvalue weighted by atomic mass is 10.0. The average molecular weight is 331 g/mol. The van der Waals surface area contributed by atoms with Crippen LogP contribution in [-0.4, -0.2) is 19.6 Å². The van der Waals surface area contributed by atoms with Gasteiger partial charge in [-0.15, -0.1) is 0 Å². The van der Waals surface area contributed by atoms with Gasteiger partial charge in [-0.2, -0.15) is 4.31 Å². The number of para-hydroxylation sites is 1. The molecular weight excluding hydrogens is 318 g/mol. The Balaban J connectivity index is 2.02. The van der Waals surface area contributed by atoms with Crippen molar-refractivity contribution >= 4 is 21.8 Å². The van der Waals surface area contributed by atoms with E-state index in [1.54, 1.807) is 30.4 Å². The Bertz CT molecular complexity index is 863. The molecule has 1 heterocycles. The van der Waals surface area contributed by atoms with E-state index in [9.17, 15) is 18.3 Å². The SMILES string of the molecule is O=C(O)N(c1ccccc1)S(=O)(=O)C1=CC=C2OC=CC=C2C1. The van der Waals surface area contributed by atoms with Crippen LogP contribution in [0.4, 0.5) is 10.5 Å². The first-order valence-electron chi connectivity index (χ1n) is 6.77. The maximum atomic E-state index is 12.8. The molecule has 6 nitrogen and oxygen atoms in total. The number of anilines is 1. The third kappa shape index (κ3) is 2.78. The predicted molar refractivity (Wildman–Crippen MR) is 85.0 cm³/mol. The van der Waals surface area contributed by atoms with Gasteiger partial charge in [0, 0.05) is 12.0 Å². The van der Waals surface area contributed by atoms with Crippen LogP contribution in [0.3, 0.4) is 0 Å². The van der Waals surface area contributed by atoms with Gasteiger partial charge in [0.1, 0.15) is 5.76 Å². The van der Waals surface area contributed by atoms with Crippen molar-refractivity contribution in [3.63, 3.8) is 0 Å². The molecule has 0 atom stereocenters. The van der Waals surface area contributed by atoms with Crippen LogP contribution in [0, 0.1) is 0 Å². The molecule has 3 rings (SSSR count). The average Bonchev–Trinajstić information content (AvgIpc) is 2.55. The van der Waals surface area contributed by atoms with Crippen LogP contribution in [0.2, 0.25) is 0 Å². The number of allylic oxidation sites excluding steroid dienone is 6. The van der Waals surface area contributed by atoms with Crippen LogP contribution in [0.15, 0.2) is 77.1 Å². The predicted octanol–water partition coefficient (Wildman–Crippen LogP) is 3.14. The summed E-state index contributed by atoms with van der Waals surface area (Å²) < 4.78 is 31.2. The fourth-order valence-corrected chi connectivity index (χ4v) is 3.76. The Morgan fingerprint density at radius 1 is 1.13 bits per heavy atom. The second kappa shape index (κ2) is 5.77. The number of amides is 1. The zero-order valence-electron chi connectivity index (χ0n) is 11.9. The molecule has 1 aromatic rings. The van der Waals surface area contributed by atoms with E-state index in [-0.39, 0.29) is 17.0 Å². The van der Waals surface area contributed by atoms with E-state index in [0.29, 0.717) is 15.6 Å². The van der Waals surface area contributed by atoms with Gasteiger partial charge in [0.05, 0.1) is 16.9 Å². The first kappa shape index (κ1) is 15.1. The van der Waals surface area contributed by atoms with Crippen molar-refractivity contribution in [1.82, 2.24) is 0 Å². The van der Waals surface area contributed by atoms with Crippen LogP contribution < -0.4 is 4.31 Å². The van der Waals surface area contributed by atoms with Crippen LogP contribution in [0.5, 0.6) is 0 Å². The molecule has 1 N–H and O–H groups in total. The lowest BCUT2D eigenvalue weighted by Gasteiger charge is -2.24. The van der Waals surface area contributed by atoms with Crippen LogP contribution in [-0.2, 0) is 14.8 Å². The number of ether oxygens (including phenoxy) is 1. The highest BCUT2D eigenvalue weighted by Crippen LogP contribution is 2.33. The molecule has 0 saturated heterocycles. The fourth-order valence-electron chi connectivity index (χ4n) is 2.34. The van der Waals surface area contributed by atoms with E-state index >= 15 is 0 Å². The summed E-state index contributed by atoms with van der Waals surface area (Å²) in [5.41, 5.74) is 0.761. The number of fused-ring (bicyclic) bond motifs is 1. The van der Waals surface area contributed by atoms with E-state index in [4.69, 9.17) is 4.74 Å². The van der Waals surface area contributed by atoms with Crippen molar-refractivity contribution in [3.8, 4) is 0 Å². The fraction of sp³-hybridized carbons (Fsp3) is 0.0625. The monoisotopic (exact) mass is 331 g/mol.